The molecule has 0 bridgehead atoms. The first kappa shape index (κ1) is 30.5. The summed E-state index contributed by atoms with van der Waals surface area (Å²) in [6.45, 7) is 0. The van der Waals surface area contributed by atoms with E-state index < -0.39 is 9.05 Å². The molecule has 0 aliphatic heterocycles. The summed E-state index contributed by atoms with van der Waals surface area (Å²) in [4.78, 5) is 29.3. The fourth-order valence-corrected chi connectivity index (χ4v) is 0. The summed E-state index contributed by atoms with van der Waals surface area (Å²) in [5, 5.41) is 0. The van der Waals surface area contributed by atoms with Crippen LogP contribution < -0.4 is 29.6 Å². The van der Waals surface area contributed by atoms with Gasteiger partial charge in [0.2, 0.25) is 0 Å². The van der Waals surface area contributed by atoms with Crippen molar-refractivity contribution in [3.05, 3.63) is 0 Å². The summed E-state index contributed by atoms with van der Waals surface area (Å²) in [6.07, 6.45) is 0. The van der Waals surface area contributed by atoms with Crippen LogP contribution in [0.1, 0.15) is 4.28 Å². The number of halogens is 1. The van der Waals surface area contributed by atoms with Gasteiger partial charge in [0.05, 0.1) is 0 Å². The van der Waals surface area contributed by atoms with Gasteiger partial charge in [-0.3, -0.25) is 0 Å². The van der Waals surface area contributed by atoms with Crippen LogP contribution in [0.15, 0.2) is 0 Å². The summed E-state index contributed by atoms with van der Waals surface area (Å²) in [7, 11) is -4.61. The molecule has 4 nitrogen and oxygen atoms in total. The van der Waals surface area contributed by atoms with Crippen LogP contribution in [0.5, 0.6) is 0 Å². The molecule has 4 N–H and O–H groups in total. The van der Waals surface area contributed by atoms with E-state index in [4.69, 9.17) is 19.2 Å². The van der Waals surface area contributed by atoms with Crippen LogP contribution in [0.25, 0.3) is 0 Å². The second-order valence-corrected chi connectivity index (χ2v) is 1.80. The van der Waals surface area contributed by atoms with E-state index >= 15 is 0 Å². The first-order chi connectivity index (χ1) is 2.00. The van der Waals surface area contributed by atoms with E-state index in [1.165, 1.54) is 0 Å². The predicted molar refractivity (Wildman–Crippen MR) is 40.9 cm³/mol. The average molecular weight is 198 g/mol. The minimum atomic E-state index is -4.61. The van der Waals surface area contributed by atoms with Crippen molar-refractivity contribution in [3.8, 4) is 0 Å². The van der Waals surface area contributed by atoms with E-state index in [0.29, 0.717) is 0 Å². The van der Waals surface area contributed by atoms with Crippen molar-refractivity contribution in [2.45, 2.75) is 0 Å². The summed E-state index contributed by atoms with van der Waals surface area (Å²) >= 11 is 0. The maximum Gasteiger partial charge on any atom is 2.00 e. The zero-order chi connectivity index (χ0) is 4.50. The monoisotopic (exact) mass is 197 g/mol. The van der Waals surface area contributed by atoms with Crippen LogP contribution in [0.2, 0.25) is 0 Å². The Kier molecular flexibility index (Phi) is 43.0. The summed E-state index contributed by atoms with van der Waals surface area (Å²) in [6, 6.07) is 0. The van der Waals surface area contributed by atoms with Gasteiger partial charge in [-0.2, -0.15) is 0 Å². The normalized spacial score (nSPS) is 6.67. The van der Waals surface area contributed by atoms with Gasteiger partial charge in [0, 0.05) is 0 Å². The number of hydrogen-bond acceptors (Lipinski definition) is 4. The molecule has 0 fully saturated rings. The summed E-state index contributed by atoms with van der Waals surface area (Å²) in [5.74, 6) is 0. The second-order valence-electron chi connectivity index (χ2n) is 0.600. The Labute approximate surface area is 101 Å². The third-order valence-electron chi connectivity index (χ3n) is 0. The first-order valence-electron chi connectivity index (χ1n) is 0.894. The van der Waals surface area contributed by atoms with Crippen LogP contribution in [0.4, 0.5) is 0 Å². The Bertz CT molecular complexity index is 45.8. The molecule has 0 unspecified atom stereocenters. The minimum Gasteiger partial charge on any atom is -1.00 e. The van der Waals surface area contributed by atoms with Crippen molar-refractivity contribution in [3.63, 3.8) is 0 Å². The van der Waals surface area contributed by atoms with E-state index in [1.54, 1.807) is 0 Å². The van der Waals surface area contributed by atoms with Crippen molar-refractivity contribution in [1.29, 1.82) is 0 Å². The summed E-state index contributed by atoms with van der Waals surface area (Å²) < 4.78 is 0. The molecule has 9 heavy (non-hydrogen) atoms. The summed E-state index contributed by atoms with van der Waals surface area (Å²) in [5.41, 5.74) is 0. The molecule has 0 saturated carbocycles. The molecule has 0 aromatic rings. The van der Waals surface area contributed by atoms with Gasteiger partial charge in [0.15, 0.2) is 17.4 Å². The zero-order valence-electron chi connectivity index (χ0n) is 7.40. The molecule has 0 saturated heterocycles. The van der Waals surface area contributed by atoms with Crippen LogP contribution >= 0.6 is 12.4 Å². The van der Waals surface area contributed by atoms with Gasteiger partial charge >= 0.3 is 48.7 Å². The van der Waals surface area contributed by atoms with E-state index in [1.807, 2.05) is 0 Å². The van der Waals surface area contributed by atoms with Crippen molar-refractivity contribution >= 4 is 48.9 Å². The van der Waals surface area contributed by atoms with Gasteiger partial charge in [0.25, 0.3) is 0 Å². The third kappa shape index (κ3) is 155. The van der Waals surface area contributed by atoms with Crippen molar-refractivity contribution in [2.75, 3.05) is 0 Å². The van der Waals surface area contributed by atoms with Crippen molar-refractivity contribution in [2.24, 2.45) is 0 Å². The Morgan fingerprint density at radius 3 is 1.00 bits per heavy atom. The molecule has 0 amide bonds. The fourth-order valence-electron chi connectivity index (χ4n) is 0. The third-order valence-corrected chi connectivity index (χ3v) is 0. The van der Waals surface area contributed by atoms with Crippen LogP contribution in [-0.4, -0.2) is 55.7 Å². The average Bonchev–Trinajstić information content (AvgIpc) is 0.722. The first-order valence-corrected chi connectivity index (χ1v) is 2.68. The van der Waals surface area contributed by atoms with Crippen LogP contribution in [-0.2, 0) is 0 Å². The molecule has 0 heterocycles. The van der Waals surface area contributed by atoms with Gasteiger partial charge < -0.3 is 23.5 Å². The van der Waals surface area contributed by atoms with Gasteiger partial charge in [-0.25, -0.2) is 0 Å². The Hall–Kier alpha value is 2.05. The predicted octanol–water partition coefficient (Wildman–Crippen LogP) is -6.41. The smallest absolute Gasteiger partial charge is 1.00 e. The molecule has 0 aliphatic rings. The molecule has 0 spiro atoms. The Morgan fingerprint density at radius 2 is 1.00 bits per heavy atom. The quantitative estimate of drug-likeness (QED) is 0.291. The molecule has 0 aromatic heterocycles. The number of hydrogen-bond donors (Lipinski definition) is 4. The Balaban J connectivity index is -0.00000000381. The van der Waals surface area contributed by atoms with Crippen molar-refractivity contribution < 1.29 is 53.0 Å². The molecule has 0 radical (unpaired) electrons. The molecular weight excluding hydrogens is 187 g/mol. The molecule has 0 rings (SSSR count). The largest absolute Gasteiger partial charge is 2.00 e. The second kappa shape index (κ2) is 12.7. The minimum absolute atomic E-state index is 0. The van der Waals surface area contributed by atoms with E-state index in [-0.39, 0.29) is 73.7 Å². The molecule has 9 heteroatoms. The van der Waals surface area contributed by atoms with Crippen molar-refractivity contribution in [1.82, 2.24) is 0 Å². The standard InChI is InChI=1S/Al.Be.ClH.Na.H4O4Si.6H/c;;;;1-5(2,3)4;;;;;;/h;;1H;;1-4H;;;;;;/q;+2;;+1;;;;;3*-1. The fraction of sp³-hybridized carbons (Fsp3) is 0. The molecular formula is H11AlBeClNaO4Si. The number of rotatable bonds is 0. The van der Waals surface area contributed by atoms with Gasteiger partial charge in [-0.05, 0) is 0 Å². The molecule has 52 valence electrons. The molecule has 0 aromatic carbocycles. The van der Waals surface area contributed by atoms with Gasteiger partial charge in [-0.1, -0.05) is 0 Å². The van der Waals surface area contributed by atoms with Gasteiger partial charge in [0.1, 0.15) is 0 Å². The van der Waals surface area contributed by atoms with E-state index in [9.17, 15) is 0 Å². The Morgan fingerprint density at radius 1 is 1.00 bits per heavy atom. The van der Waals surface area contributed by atoms with E-state index in [2.05, 4.69) is 0 Å². The van der Waals surface area contributed by atoms with E-state index in [0.717, 1.165) is 0 Å². The maximum atomic E-state index is 7.33. The zero-order valence-corrected chi connectivity index (χ0v) is 8.22. The van der Waals surface area contributed by atoms with Gasteiger partial charge in [-0.15, -0.1) is 12.4 Å². The molecule has 0 aliphatic carbocycles. The molecule has 0 atom stereocenters. The SMILES string of the molecule is Cl.O[Si](O)(O)O.[AlH3].[Be+2].[H-].[H-].[H-].[Na+]. The van der Waals surface area contributed by atoms with Crippen LogP contribution in [0.3, 0.4) is 0 Å². The topological polar surface area (TPSA) is 80.9 Å². The maximum absolute atomic E-state index is 7.33. The van der Waals surface area contributed by atoms with Crippen LogP contribution in [0, 0.1) is 0 Å².